The van der Waals surface area contributed by atoms with Crippen LogP contribution in [-0.4, -0.2) is 9.78 Å². The van der Waals surface area contributed by atoms with Crippen LogP contribution in [0.15, 0.2) is 18.2 Å². The van der Waals surface area contributed by atoms with Crippen LogP contribution < -0.4 is 0 Å². The Hall–Kier alpha value is -1.28. The summed E-state index contributed by atoms with van der Waals surface area (Å²) in [7, 11) is 0. The summed E-state index contributed by atoms with van der Waals surface area (Å²) in [6.07, 6.45) is 0. The van der Waals surface area contributed by atoms with E-state index in [9.17, 15) is 0 Å². The van der Waals surface area contributed by atoms with Crippen molar-refractivity contribution in [3.8, 4) is 5.69 Å². The molecule has 0 spiro atoms. The van der Waals surface area contributed by atoms with Crippen LogP contribution in [0.1, 0.15) is 42.1 Å². The molecule has 0 aliphatic carbocycles. The van der Waals surface area contributed by atoms with Crippen LogP contribution in [0.25, 0.3) is 5.69 Å². The largest absolute Gasteiger partial charge is 0.222 e. The highest BCUT2D eigenvalue weighted by Gasteiger charge is 2.17. The summed E-state index contributed by atoms with van der Waals surface area (Å²) in [6.45, 7) is 10.5. The van der Waals surface area contributed by atoms with Crippen LogP contribution in [0, 0.1) is 20.8 Å². The van der Waals surface area contributed by atoms with Crippen molar-refractivity contribution in [2.24, 2.45) is 0 Å². The van der Waals surface area contributed by atoms with Gasteiger partial charge < -0.3 is 0 Å². The van der Waals surface area contributed by atoms with Gasteiger partial charge in [-0.1, -0.05) is 31.5 Å². The van der Waals surface area contributed by atoms with Gasteiger partial charge in [0.25, 0.3) is 0 Å². The van der Waals surface area contributed by atoms with Crippen LogP contribution in [-0.2, 0) is 0 Å². The lowest BCUT2D eigenvalue weighted by molar-refractivity contribution is 0.857. The summed E-state index contributed by atoms with van der Waals surface area (Å²) in [4.78, 5) is 0. The first-order valence-electron chi connectivity index (χ1n) is 6.24. The molecule has 1 heterocycles. The minimum atomic E-state index is 0.386. The third-order valence-corrected chi connectivity index (χ3v) is 3.44. The number of benzene rings is 1. The molecule has 3 heteroatoms. The van der Waals surface area contributed by atoms with E-state index in [0.717, 1.165) is 22.1 Å². The van der Waals surface area contributed by atoms with Gasteiger partial charge in [-0.05, 0) is 49.9 Å². The third-order valence-electron chi connectivity index (χ3n) is 3.08. The Bertz CT molecular complexity index is 562. The number of rotatable bonds is 2. The topological polar surface area (TPSA) is 17.8 Å². The number of aryl methyl sites for hydroxylation is 3. The maximum Gasteiger partial charge on any atom is 0.136 e. The van der Waals surface area contributed by atoms with Crippen LogP contribution in [0.3, 0.4) is 0 Å². The lowest BCUT2D eigenvalue weighted by Crippen LogP contribution is -1.98. The number of hydrogen-bond donors (Lipinski definition) is 0. The highest BCUT2D eigenvalue weighted by molar-refractivity contribution is 6.30. The summed E-state index contributed by atoms with van der Waals surface area (Å²) in [5, 5.41) is 5.30. The lowest BCUT2D eigenvalue weighted by Gasteiger charge is -2.07. The molecule has 2 aromatic rings. The van der Waals surface area contributed by atoms with Crippen molar-refractivity contribution < 1.29 is 0 Å². The number of aromatic nitrogens is 2. The van der Waals surface area contributed by atoms with Gasteiger partial charge in [-0.3, -0.25) is 0 Å². The SMILES string of the molecule is Cc1cc(C)cc(-n2nc(C)c(C(C)C)c2Cl)c1. The van der Waals surface area contributed by atoms with E-state index in [1.165, 1.54) is 11.1 Å². The third kappa shape index (κ3) is 2.30. The molecular weight excluding hydrogens is 244 g/mol. The zero-order chi connectivity index (χ0) is 13.4. The normalized spacial score (nSPS) is 11.3. The predicted molar refractivity (Wildman–Crippen MR) is 76.9 cm³/mol. The second-order valence-electron chi connectivity index (χ2n) is 5.20. The Balaban J connectivity index is 2.61. The molecule has 1 aromatic heterocycles. The Morgan fingerprint density at radius 2 is 1.61 bits per heavy atom. The minimum absolute atomic E-state index is 0.386. The predicted octanol–water partition coefficient (Wildman–Crippen LogP) is 4.57. The van der Waals surface area contributed by atoms with Gasteiger partial charge in [0.15, 0.2) is 0 Å². The quantitative estimate of drug-likeness (QED) is 0.775. The molecule has 0 amide bonds. The molecule has 0 saturated heterocycles. The molecule has 18 heavy (non-hydrogen) atoms. The fourth-order valence-corrected chi connectivity index (χ4v) is 2.90. The average Bonchev–Trinajstić information content (AvgIpc) is 2.52. The van der Waals surface area contributed by atoms with Gasteiger partial charge in [-0.15, -0.1) is 0 Å². The van der Waals surface area contributed by atoms with E-state index in [0.29, 0.717) is 5.92 Å². The van der Waals surface area contributed by atoms with Crippen LogP contribution in [0.2, 0.25) is 5.15 Å². The van der Waals surface area contributed by atoms with Crippen LogP contribution in [0.4, 0.5) is 0 Å². The van der Waals surface area contributed by atoms with Crippen molar-refractivity contribution in [3.05, 3.63) is 45.7 Å². The van der Waals surface area contributed by atoms with Gasteiger partial charge in [0.1, 0.15) is 5.15 Å². The Labute approximate surface area is 114 Å². The maximum absolute atomic E-state index is 6.46. The second-order valence-corrected chi connectivity index (χ2v) is 5.56. The molecule has 1 aromatic carbocycles. The number of hydrogen-bond acceptors (Lipinski definition) is 1. The van der Waals surface area contributed by atoms with E-state index in [4.69, 9.17) is 11.6 Å². The van der Waals surface area contributed by atoms with E-state index >= 15 is 0 Å². The fraction of sp³-hybridized carbons (Fsp3) is 0.400. The number of halogens is 1. The van der Waals surface area contributed by atoms with E-state index in [1.807, 2.05) is 11.6 Å². The molecule has 2 rings (SSSR count). The average molecular weight is 263 g/mol. The highest BCUT2D eigenvalue weighted by atomic mass is 35.5. The van der Waals surface area contributed by atoms with Crippen molar-refractivity contribution in [2.45, 2.75) is 40.5 Å². The van der Waals surface area contributed by atoms with Crippen molar-refractivity contribution in [1.29, 1.82) is 0 Å². The van der Waals surface area contributed by atoms with Crippen LogP contribution in [0.5, 0.6) is 0 Å². The lowest BCUT2D eigenvalue weighted by atomic mass is 10.1. The van der Waals surface area contributed by atoms with Crippen molar-refractivity contribution in [3.63, 3.8) is 0 Å². The molecule has 0 unspecified atom stereocenters. The molecule has 0 radical (unpaired) electrons. The van der Waals surface area contributed by atoms with E-state index in [1.54, 1.807) is 0 Å². The molecule has 0 fully saturated rings. The summed E-state index contributed by atoms with van der Waals surface area (Å²) in [5.74, 6) is 0.386. The smallest absolute Gasteiger partial charge is 0.136 e. The molecule has 0 saturated carbocycles. The maximum atomic E-state index is 6.46. The van der Waals surface area contributed by atoms with Gasteiger partial charge in [0, 0.05) is 5.56 Å². The first-order chi connectivity index (χ1) is 8.40. The van der Waals surface area contributed by atoms with Crippen LogP contribution >= 0.6 is 11.6 Å². The van der Waals surface area contributed by atoms with Crippen molar-refractivity contribution >= 4 is 11.6 Å². The fourth-order valence-electron chi connectivity index (χ4n) is 2.41. The molecule has 0 atom stereocenters. The van der Waals surface area contributed by atoms with Crippen molar-refractivity contribution in [1.82, 2.24) is 9.78 Å². The zero-order valence-electron chi connectivity index (χ0n) is 11.6. The highest BCUT2D eigenvalue weighted by Crippen LogP contribution is 2.30. The molecular formula is C15H19ClN2. The van der Waals surface area contributed by atoms with Gasteiger partial charge in [0.2, 0.25) is 0 Å². The number of nitrogens with zero attached hydrogens (tertiary/aromatic N) is 2. The van der Waals surface area contributed by atoms with Crippen molar-refractivity contribution in [2.75, 3.05) is 0 Å². The molecule has 0 aliphatic heterocycles. The molecule has 96 valence electrons. The minimum Gasteiger partial charge on any atom is -0.222 e. The van der Waals surface area contributed by atoms with E-state index in [-0.39, 0.29) is 0 Å². The first-order valence-corrected chi connectivity index (χ1v) is 6.61. The summed E-state index contributed by atoms with van der Waals surface area (Å²) >= 11 is 6.46. The Morgan fingerprint density at radius 1 is 1.06 bits per heavy atom. The summed E-state index contributed by atoms with van der Waals surface area (Å²) < 4.78 is 1.84. The standard InChI is InChI=1S/C15H19ClN2/c1-9(2)14-12(5)17-18(15(14)16)13-7-10(3)6-11(4)8-13/h6-9H,1-5H3. The first kappa shape index (κ1) is 13.2. The van der Waals surface area contributed by atoms with E-state index < -0.39 is 0 Å². The van der Waals surface area contributed by atoms with Gasteiger partial charge in [-0.2, -0.15) is 5.10 Å². The van der Waals surface area contributed by atoms with Gasteiger partial charge >= 0.3 is 0 Å². The molecule has 0 N–H and O–H groups in total. The molecule has 2 nitrogen and oxygen atoms in total. The second kappa shape index (κ2) is 4.77. The molecule has 0 bridgehead atoms. The van der Waals surface area contributed by atoms with Gasteiger partial charge in [0.05, 0.1) is 11.4 Å². The van der Waals surface area contributed by atoms with E-state index in [2.05, 4.69) is 51.0 Å². The summed E-state index contributed by atoms with van der Waals surface area (Å²) in [5.41, 5.74) is 5.62. The monoisotopic (exact) mass is 262 g/mol. The Morgan fingerprint density at radius 3 is 2.06 bits per heavy atom. The molecule has 0 aliphatic rings. The summed E-state index contributed by atoms with van der Waals surface area (Å²) in [6, 6.07) is 6.36. The Kier molecular flexibility index (Phi) is 3.49. The zero-order valence-corrected chi connectivity index (χ0v) is 12.3. The van der Waals surface area contributed by atoms with Gasteiger partial charge in [-0.25, -0.2) is 4.68 Å².